The lowest BCUT2D eigenvalue weighted by atomic mass is 10.0. The Balaban J connectivity index is 2.29. The largest absolute Gasteiger partial charge is 0.322 e. The Hall–Kier alpha value is -1.61. The van der Waals surface area contributed by atoms with Gasteiger partial charge in [0.2, 0.25) is 0 Å². The summed E-state index contributed by atoms with van der Waals surface area (Å²) in [6.45, 7) is 0. The van der Waals surface area contributed by atoms with Gasteiger partial charge in [-0.15, -0.1) is 0 Å². The van der Waals surface area contributed by atoms with Crippen molar-refractivity contribution in [3.63, 3.8) is 0 Å². The predicted molar refractivity (Wildman–Crippen MR) is 77.6 cm³/mol. The number of nitrogens with one attached hydrogen (secondary N) is 1. The molecule has 3 heteroatoms. The molecule has 2 aromatic rings. The van der Waals surface area contributed by atoms with Crippen LogP contribution in [0.2, 0.25) is 0 Å². The summed E-state index contributed by atoms with van der Waals surface area (Å²) in [7, 11) is 0. The molecule has 0 radical (unpaired) electrons. The molecule has 0 unspecified atom stereocenters. The quantitative estimate of drug-likeness (QED) is 0.860. The van der Waals surface area contributed by atoms with Crippen molar-refractivity contribution in [1.29, 1.82) is 0 Å². The van der Waals surface area contributed by atoms with Crippen molar-refractivity contribution in [2.75, 3.05) is 0 Å². The lowest BCUT2D eigenvalue weighted by molar-refractivity contribution is 1.06. The van der Waals surface area contributed by atoms with E-state index in [1.54, 1.807) is 0 Å². The number of rotatable bonds is 1. The van der Waals surface area contributed by atoms with Gasteiger partial charge in [-0.05, 0) is 41.8 Å². The van der Waals surface area contributed by atoms with Crippen LogP contribution in [0.1, 0.15) is 12.8 Å². The van der Waals surface area contributed by atoms with Crippen LogP contribution in [0.5, 0.6) is 0 Å². The smallest absolute Gasteiger partial charge is 0.256 e. The summed E-state index contributed by atoms with van der Waals surface area (Å²) in [6.07, 6.45) is 6.30. The fourth-order valence-electron chi connectivity index (χ4n) is 2.24. The van der Waals surface area contributed by atoms with Crippen molar-refractivity contribution in [1.82, 2.24) is 4.98 Å². The molecule has 2 nitrogen and oxygen atoms in total. The molecule has 1 aliphatic rings. The zero-order chi connectivity index (χ0) is 12.5. The number of hydrogen-bond acceptors (Lipinski definition) is 1. The number of fused-ring (bicyclic) bond motifs is 1. The molecule has 1 heterocycles. The SMILES string of the molecule is O=c1[nH]c2c(cc1-c1cccc(Br)c1)=CCCC=2. The van der Waals surface area contributed by atoms with Crippen molar-refractivity contribution >= 4 is 28.1 Å². The highest BCUT2D eigenvalue weighted by Gasteiger charge is 2.05. The van der Waals surface area contributed by atoms with Gasteiger partial charge in [-0.25, -0.2) is 0 Å². The monoisotopic (exact) mass is 301 g/mol. The van der Waals surface area contributed by atoms with Gasteiger partial charge in [0.1, 0.15) is 0 Å². The van der Waals surface area contributed by atoms with Crippen molar-refractivity contribution in [2.24, 2.45) is 0 Å². The van der Waals surface area contributed by atoms with E-state index in [0.29, 0.717) is 0 Å². The van der Waals surface area contributed by atoms with E-state index in [0.717, 1.165) is 39.0 Å². The van der Waals surface area contributed by atoms with Crippen LogP contribution in [-0.2, 0) is 0 Å². The van der Waals surface area contributed by atoms with Crippen LogP contribution < -0.4 is 16.1 Å². The first-order valence-electron chi connectivity index (χ1n) is 5.94. The Morgan fingerprint density at radius 2 is 1.94 bits per heavy atom. The molecule has 1 aromatic heterocycles. The maximum Gasteiger partial charge on any atom is 0.256 e. The van der Waals surface area contributed by atoms with Gasteiger partial charge in [0.25, 0.3) is 5.56 Å². The first-order valence-corrected chi connectivity index (χ1v) is 6.73. The lowest BCUT2D eigenvalue weighted by Gasteiger charge is -2.04. The minimum absolute atomic E-state index is 0.0293. The number of pyridine rings is 1. The third kappa shape index (κ3) is 2.06. The molecule has 0 spiro atoms. The Kier molecular flexibility index (Phi) is 2.92. The topological polar surface area (TPSA) is 32.9 Å². The van der Waals surface area contributed by atoms with E-state index in [9.17, 15) is 4.79 Å². The average molecular weight is 302 g/mol. The van der Waals surface area contributed by atoms with E-state index in [2.05, 4.69) is 33.1 Å². The van der Waals surface area contributed by atoms with Crippen LogP contribution in [0, 0.1) is 0 Å². The molecule has 90 valence electrons. The molecule has 0 amide bonds. The highest BCUT2D eigenvalue weighted by Crippen LogP contribution is 2.18. The van der Waals surface area contributed by atoms with Crippen LogP contribution in [0.15, 0.2) is 39.6 Å². The van der Waals surface area contributed by atoms with Crippen molar-refractivity contribution in [3.8, 4) is 11.1 Å². The third-order valence-electron chi connectivity index (χ3n) is 3.12. The van der Waals surface area contributed by atoms with Crippen LogP contribution in [0.4, 0.5) is 0 Å². The van der Waals surface area contributed by atoms with Gasteiger partial charge in [0, 0.05) is 15.4 Å². The van der Waals surface area contributed by atoms with Gasteiger partial charge in [-0.2, -0.15) is 0 Å². The molecule has 0 atom stereocenters. The van der Waals surface area contributed by atoms with Crippen molar-refractivity contribution in [3.05, 3.63) is 55.7 Å². The zero-order valence-electron chi connectivity index (χ0n) is 9.74. The van der Waals surface area contributed by atoms with E-state index in [1.165, 1.54) is 0 Å². The summed E-state index contributed by atoms with van der Waals surface area (Å²) in [5.74, 6) is 0. The highest BCUT2D eigenvalue weighted by molar-refractivity contribution is 9.10. The second-order valence-electron chi connectivity index (χ2n) is 4.38. The fourth-order valence-corrected chi connectivity index (χ4v) is 2.63. The van der Waals surface area contributed by atoms with Crippen LogP contribution >= 0.6 is 15.9 Å². The number of hydrogen-bond donors (Lipinski definition) is 1. The summed E-state index contributed by atoms with van der Waals surface area (Å²) in [5.41, 5.74) is 1.63. The van der Waals surface area contributed by atoms with E-state index in [-0.39, 0.29) is 5.56 Å². The molecule has 3 rings (SSSR count). The Bertz CT molecular complexity index is 774. The maximum atomic E-state index is 12.1. The molecule has 1 aromatic carbocycles. The van der Waals surface area contributed by atoms with Gasteiger partial charge in [-0.3, -0.25) is 4.79 Å². The first-order chi connectivity index (χ1) is 8.74. The number of benzene rings is 1. The predicted octanol–water partition coefficient (Wildman–Crippen LogP) is 2.16. The number of aromatic nitrogens is 1. The second-order valence-corrected chi connectivity index (χ2v) is 5.29. The zero-order valence-corrected chi connectivity index (χ0v) is 11.3. The number of H-pyrrole nitrogens is 1. The summed E-state index contributed by atoms with van der Waals surface area (Å²) in [5, 5.41) is 2.07. The normalized spacial score (nSPS) is 13.4. The molecule has 0 saturated heterocycles. The van der Waals surface area contributed by atoms with Gasteiger partial charge >= 0.3 is 0 Å². The average Bonchev–Trinajstić information content (AvgIpc) is 2.38. The van der Waals surface area contributed by atoms with Gasteiger partial charge in [-0.1, -0.05) is 40.2 Å². The molecular formula is C15H12BrNO. The van der Waals surface area contributed by atoms with Crippen LogP contribution in [-0.4, -0.2) is 4.98 Å². The molecule has 0 bridgehead atoms. The molecule has 0 saturated carbocycles. The summed E-state index contributed by atoms with van der Waals surface area (Å²) in [6, 6.07) is 9.79. The first kappa shape index (κ1) is 11.5. The fraction of sp³-hybridized carbons (Fsp3) is 0.133. The summed E-state index contributed by atoms with van der Waals surface area (Å²) in [4.78, 5) is 15.1. The van der Waals surface area contributed by atoms with Crippen LogP contribution in [0.3, 0.4) is 0 Å². The Morgan fingerprint density at radius 1 is 1.11 bits per heavy atom. The maximum absolute atomic E-state index is 12.1. The second kappa shape index (κ2) is 4.58. The number of aromatic amines is 1. The Morgan fingerprint density at radius 3 is 2.78 bits per heavy atom. The minimum atomic E-state index is -0.0293. The van der Waals surface area contributed by atoms with E-state index >= 15 is 0 Å². The standard InChI is InChI=1S/C15H12BrNO/c16-12-6-3-5-10(8-12)13-9-11-4-1-2-7-14(11)17-15(13)18/h3-9H,1-2H2,(H,17,18). The molecule has 1 N–H and O–H groups in total. The van der Waals surface area contributed by atoms with Crippen molar-refractivity contribution < 1.29 is 0 Å². The molecule has 0 aliphatic heterocycles. The van der Waals surface area contributed by atoms with Gasteiger partial charge in [0.05, 0.1) is 0 Å². The van der Waals surface area contributed by atoms with Crippen molar-refractivity contribution in [2.45, 2.75) is 12.8 Å². The molecule has 18 heavy (non-hydrogen) atoms. The summed E-state index contributed by atoms with van der Waals surface area (Å²) < 4.78 is 0.979. The Labute approximate surface area is 113 Å². The van der Waals surface area contributed by atoms with E-state index < -0.39 is 0 Å². The van der Waals surface area contributed by atoms with Crippen LogP contribution in [0.25, 0.3) is 23.3 Å². The lowest BCUT2D eigenvalue weighted by Crippen LogP contribution is -2.36. The molecule has 0 fully saturated rings. The van der Waals surface area contributed by atoms with Gasteiger partial charge in [0.15, 0.2) is 0 Å². The minimum Gasteiger partial charge on any atom is -0.322 e. The molecule has 1 aliphatic carbocycles. The highest BCUT2D eigenvalue weighted by atomic mass is 79.9. The number of halogens is 1. The summed E-state index contributed by atoms with van der Waals surface area (Å²) >= 11 is 3.43. The van der Waals surface area contributed by atoms with E-state index in [1.807, 2.05) is 30.3 Å². The van der Waals surface area contributed by atoms with E-state index in [4.69, 9.17) is 0 Å². The third-order valence-corrected chi connectivity index (χ3v) is 3.61. The van der Waals surface area contributed by atoms with Gasteiger partial charge < -0.3 is 4.98 Å². The molecular weight excluding hydrogens is 290 g/mol.